The minimum Gasteiger partial charge on any atom is -0.453 e. The number of aromatic amines is 1. The van der Waals surface area contributed by atoms with Crippen molar-refractivity contribution in [1.82, 2.24) is 9.97 Å². The first-order valence-corrected chi connectivity index (χ1v) is 8.07. The van der Waals surface area contributed by atoms with Gasteiger partial charge in [-0.15, -0.1) is 35.0 Å². The van der Waals surface area contributed by atoms with Gasteiger partial charge in [-0.25, -0.2) is 9.78 Å². The molecule has 0 radical (unpaired) electrons. The molecule has 1 unspecified atom stereocenters. The number of amides is 1. The zero-order chi connectivity index (χ0) is 15.0. The van der Waals surface area contributed by atoms with Crippen LogP contribution in [-0.2, 0) is 4.74 Å². The van der Waals surface area contributed by atoms with Gasteiger partial charge in [0, 0.05) is 16.6 Å². The minimum atomic E-state index is -0.557. The van der Waals surface area contributed by atoms with Crippen molar-refractivity contribution in [2.45, 2.75) is 15.6 Å². The van der Waals surface area contributed by atoms with Gasteiger partial charge in [-0.2, -0.15) is 0 Å². The standard InChI is InChI=1S/C13H13Cl2N3O2S/c1-20-12(19)18-11-16-9-3-2-8(4-10(9)17-11)21-6-7-5-13(7,14)15/h2-4,7H,5-6H2,1H3,(H2,16,17,18,19). The molecule has 1 fully saturated rings. The molecule has 1 aromatic heterocycles. The zero-order valence-electron chi connectivity index (χ0n) is 11.2. The number of nitrogens with one attached hydrogen (secondary N) is 2. The number of carbonyl (C=O) groups is 1. The Morgan fingerprint density at radius 2 is 2.38 bits per heavy atom. The Bertz CT molecular complexity index is 689. The smallest absolute Gasteiger partial charge is 0.413 e. The number of H-pyrrole nitrogens is 1. The van der Waals surface area contributed by atoms with Gasteiger partial charge in [0.2, 0.25) is 5.95 Å². The van der Waals surface area contributed by atoms with Crippen LogP contribution in [0.3, 0.4) is 0 Å². The van der Waals surface area contributed by atoms with E-state index in [-0.39, 0.29) is 0 Å². The second kappa shape index (κ2) is 5.59. The summed E-state index contributed by atoms with van der Waals surface area (Å²) in [5, 5.41) is 2.50. The van der Waals surface area contributed by atoms with Crippen molar-refractivity contribution in [3.63, 3.8) is 0 Å². The van der Waals surface area contributed by atoms with Gasteiger partial charge in [0.25, 0.3) is 0 Å². The van der Waals surface area contributed by atoms with Gasteiger partial charge >= 0.3 is 6.09 Å². The molecule has 112 valence electrons. The number of hydrogen-bond donors (Lipinski definition) is 2. The molecular formula is C13H13Cl2N3O2S. The monoisotopic (exact) mass is 345 g/mol. The number of halogens is 2. The lowest BCUT2D eigenvalue weighted by Crippen LogP contribution is -2.11. The number of ether oxygens (including phenoxy) is 1. The van der Waals surface area contributed by atoms with Crippen LogP contribution >= 0.6 is 35.0 Å². The SMILES string of the molecule is COC(=O)Nc1nc2ccc(SCC3CC3(Cl)Cl)cc2[nH]1. The molecule has 8 heteroatoms. The van der Waals surface area contributed by atoms with Crippen molar-refractivity contribution >= 4 is 58.0 Å². The lowest BCUT2D eigenvalue weighted by molar-refractivity contribution is 0.186. The summed E-state index contributed by atoms with van der Waals surface area (Å²) < 4.78 is 3.99. The molecule has 0 aliphatic heterocycles. The number of hydrogen-bond acceptors (Lipinski definition) is 4. The van der Waals surface area contributed by atoms with Gasteiger partial charge in [0.1, 0.15) is 4.33 Å². The van der Waals surface area contributed by atoms with Crippen LogP contribution in [-0.4, -0.2) is 33.3 Å². The summed E-state index contributed by atoms with van der Waals surface area (Å²) in [6.45, 7) is 0. The molecule has 5 nitrogen and oxygen atoms in total. The fourth-order valence-electron chi connectivity index (χ4n) is 1.93. The molecule has 3 rings (SSSR count). The molecule has 1 aromatic carbocycles. The number of fused-ring (bicyclic) bond motifs is 1. The Kier molecular flexibility index (Phi) is 3.94. The maximum atomic E-state index is 11.1. The summed E-state index contributed by atoms with van der Waals surface area (Å²) in [5.41, 5.74) is 1.63. The lowest BCUT2D eigenvalue weighted by atomic mass is 10.3. The van der Waals surface area contributed by atoms with Crippen molar-refractivity contribution in [1.29, 1.82) is 0 Å². The quantitative estimate of drug-likeness (QED) is 0.648. The van der Waals surface area contributed by atoms with E-state index in [4.69, 9.17) is 23.2 Å². The van der Waals surface area contributed by atoms with Crippen LogP contribution in [0.2, 0.25) is 0 Å². The van der Waals surface area contributed by atoms with Gasteiger partial charge in [-0.05, 0) is 24.6 Å². The third-order valence-electron chi connectivity index (χ3n) is 3.27. The molecule has 0 bridgehead atoms. The molecule has 21 heavy (non-hydrogen) atoms. The van der Waals surface area contributed by atoms with Crippen molar-refractivity contribution in [2.24, 2.45) is 5.92 Å². The first kappa shape index (κ1) is 14.8. The van der Waals surface area contributed by atoms with Crippen LogP contribution in [0.15, 0.2) is 23.1 Å². The summed E-state index contributed by atoms with van der Waals surface area (Å²) >= 11 is 13.7. The summed E-state index contributed by atoms with van der Waals surface area (Å²) in [4.78, 5) is 19.5. The van der Waals surface area contributed by atoms with Crippen LogP contribution in [0, 0.1) is 5.92 Å². The number of thioether (sulfide) groups is 1. The van der Waals surface area contributed by atoms with Crippen LogP contribution < -0.4 is 5.32 Å². The van der Waals surface area contributed by atoms with E-state index < -0.39 is 10.4 Å². The molecule has 1 heterocycles. The molecule has 1 aliphatic rings. The van der Waals surface area contributed by atoms with E-state index in [0.717, 1.165) is 28.1 Å². The first-order valence-electron chi connectivity index (χ1n) is 6.33. The van der Waals surface area contributed by atoms with E-state index in [2.05, 4.69) is 20.0 Å². The Morgan fingerprint density at radius 1 is 1.62 bits per heavy atom. The van der Waals surface area contributed by atoms with Crippen LogP contribution in [0.5, 0.6) is 0 Å². The number of aromatic nitrogens is 2. The molecule has 2 aromatic rings. The number of rotatable bonds is 4. The van der Waals surface area contributed by atoms with Gasteiger partial charge in [0.05, 0.1) is 18.1 Å². The summed E-state index contributed by atoms with van der Waals surface area (Å²) in [6.07, 6.45) is 0.292. The van der Waals surface area contributed by atoms with Gasteiger partial charge in [-0.1, -0.05) is 0 Å². The maximum absolute atomic E-state index is 11.1. The molecular weight excluding hydrogens is 333 g/mol. The number of carbonyl (C=O) groups excluding carboxylic acids is 1. The van der Waals surface area contributed by atoms with Crippen molar-refractivity contribution < 1.29 is 9.53 Å². The van der Waals surface area contributed by atoms with Crippen molar-refractivity contribution in [3.05, 3.63) is 18.2 Å². The largest absolute Gasteiger partial charge is 0.453 e. The number of methoxy groups -OCH3 is 1. The Labute approximate surface area is 135 Å². The third-order valence-corrected chi connectivity index (χ3v) is 5.35. The molecule has 1 amide bonds. The normalized spacial score (nSPS) is 19.5. The van der Waals surface area contributed by atoms with E-state index >= 15 is 0 Å². The topological polar surface area (TPSA) is 67.0 Å². The number of imidazole rings is 1. The van der Waals surface area contributed by atoms with E-state index in [9.17, 15) is 4.79 Å². The molecule has 2 N–H and O–H groups in total. The van der Waals surface area contributed by atoms with E-state index in [0.29, 0.717) is 11.9 Å². The predicted octanol–water partition coefficient (Wildman–Crippen LogP) is 4.03. The van der Waals surface area contributed by atoms with Gasteiger partial charge in [-0.3, -0.25) is 5.32 Å². The second-order valence-corrected chi connectivity index (χ2v) is 7.49. The average Bonchev–Trinajstić information content (AvgIpc) is 2.87. The molecule has 1 saturated carbocycles. The van der Waals surface area contributed by atoms with Gasteiger partial charge < -0.3 is 9.72 Å². The van der Waals surface area contributed by atoms with Crippen LogP contribution in [0.25, 0.3) is 11.0 Å². The maximum Gasteiger partial charge on any atom is 0.413 e. The molecule has 1 aliphatic carbocycles. The highest BCUT2D eigenvalue weighted by Crippen LogP contribution is 2.54. The Balaban J connectivity index is 1.69. The zero-order valence-corrected chi connectivity index (χ0v) is 13.5. The summed E-state index contributed by atoms with van der Waals surface area (Å²) in [5.74, 6) is 1.60. The van der Waals surface area contributed by atoms with Crippen LogP contribution in [0.1, 0.15) is 6.42 Å². The average molecular weight is 346 g/mol. The summed E-state index contributed by atoms with van der Waals surface area (Å²) in [6, 6.07) is 5.88. The van der Waals surface area contributed by atoms with Crippen LogP contribution in [0.4, 0.5) is 10.7 Å². The minimum absolute atomic E-state index is 0.347. The van der Waals surface area contributed by atoms with Crippen molar-refractivity contribution in [2.75, 3.05) is 18.2 Å². The number of benzene rings is 1. The van der Waals surface area contributed by atoms with E-state index in [1.807, 2.05) is 18.2 Å². The highest BCUT2D eigenvalue weighted by Gasteiger charge is 2.51. The van der Waals surface area contributed by atoms with E-state index in [1.165, 1.54) is 7.11 Å². The Hall–Kier alpha value is -1.11. The lowest BCUT2D eigenvalue weighted by Gasteiger charge is -2.01. The molecule has 0 spiro atoms. The highest BCUT2D eigenvalue weighted by molar-refractivity contribution is 7.99. The fourth-order valence-corrected chi connectivity index (χ4v) is 3.80. The first-order chi connectivity index (χ1) is 9.98. The second-order valence-electron chi connectivity index (χ2n) is 4.85. The third kappa shape index (κ3) is 3.39. The molecule has 0 saturated heterocycles. The number of anilines is 1. The van der Waals surface area contributed by atoms with Gasteiger partial charge in [0.15, 0.2) is 0 Å². The number of nitrogens with zero attached hydrogens (tertiary/aromatic N) is 1. The van der Waals surface area contributed by atoms with E-state index in [1.54, 1.807) is 11.8 Å². The molecule has 1 atom stereocenters. The van der Waals surface area contributed by atoms with Crippen molar-refractivity contribution in [3.8, 4) is 0 Å². The number of alkyl halides is 2. The highest BCUT2D eigenvalue weighted by atomic mass is 35.5. The summed E-state index contributed by atoms with van der Waals surface area (Å²) in [7, 11) is 1.30. The Morgan fingerprint density at radius 3 is 3.05 bits per heavy atom. The predicted molar refractivity (Wildman–Crippen MR) is 85.4 cm³/mol. The fraction of sp³-hybridized carbons (Fsp3) is 0.385.